The van der Waals surface area contributed by atoms with Crippen molar-refractivity contribution in [1.29, 1.82) is 0 Å². The molecule has 2 rings (SSSR count). The molecule has 0 fully saturated rings. The smallest absolute Gasteiger partial charge is 0.243 e. The maximum atomic E-state index is 12.7. The van der Waals surface area contributed by atoms with Crippen molar-refractivity contribution in [3.63, 3.8) is 0 Å². The topological polar surface area (TPSA) is 63.4 Å². The molecular weight excluding hydrogens is 284 g/mol. The van der Waals surface area contributed by atoms with Gasteiger partial charge in [0.15, 0.2) is 0 Å². The summed E-state index contributed by atoms with van der Waals surface area (Å²) >= 11 is 0. The largest absolute Gasteiger partial charge is 0.399 e. The lowest BCUT2D eigenvalue weighted by Crippen LogP contribution is -2.27. The maximum Gasteiger partial charge on any atom is 0.243 e. The SMILES string of the molecule is Cc1cccc(CN(C)S(=O)(=O)c2cc(N)ccc2C)c1. The van der Waals surface area contributed by atoms with Gasteiger partial charge in [0.05, 0.1) is 4.90 Å². The molecule has 0 radical (unpaired) electrons. The number of nitrogens with two attached hydrogens (primary N) is 1. The minimum atomic E-state index is -3.55. The van der Waals surface area contributed by atoms with Gasteiger partial charge in [0.2, 0.25) is 10.0 Å². The third-order valence-electron chi connectivity index (χ3n) is 3.39. The molecule has 0 heterocycles. The monoisotopic (exact) mass is 304 g/mol. The van der Waals surface area contributed by atoms with E-state index in [9.17, 15) is 8.42 Å². The molecule has 4 nitrogen and oxygen atoms in total. The zero-order valence-corrected chi connectivity index (χ0v) is 13.3. The average Bonchev–Trinajstić information content (AvgIpc) is 2.41. The van der Waals surface area contributed by atoms with Crippen LogP contribution in [0.3, 0.4) is 0 Å². The molecule has 21 heavy (non-hydrogen) atoms. The van der Waals surface area contributed by atoms with Gasteiger partial charge in [-0.05, 0) is 37.1 Å². The Morgan fingerprint density at radius 2 is 1.81 bits per heavy atom. The zero-order chi connectivity index (χ0) is 15.6. The van der Waals surface area contributed by atoms with Crippen molar-refractivity contribution in [3.8, 4) is 0 Å². The van der Waals surface area contributed by atoms with E-state index in [0.29, 0.717) is 17.8 Å². The van der Waals surface area contributed by atoms with Crippen LogP contribution in [0.2, 0.25) is 0 Å². The summed E-state index contributed by atoms with van der Waals surface area (Å²) in [7, 11) is -1.97. The first-order valence-corrected chi connectivity index (χ1v) is 8.13. The Morgan fingerprint density at radius 3 is 2.48 bits per heavy atom. The molecule has 0 aliphatic heterocycles. The van der Waals surface area contributed by atoms with Crippen LogP contribution in [0.4, 0.5) is 5.69 Å². The predicted molar refractivity (Wildman–Crippen MR) is 85.4 cm³/mol. The lowest BCUT2D eigenvalue weighted by atomic mass is 10.1. The van der Waals surface area contributed by atoms with Crippen molar-refractivity contribution in [3.05, 3.63) is 59.2 Å². The van der Waals surface area contributed by atoms with E-state index in [0.717, 1.165) is 11.1 Å². The van der Waals surface area contributed by atoms with Crippen LogP contribution in [0.25, 0.3) is 0 Å². The highest BCUT2D eigenvalue weighted by molar-refractivity contribution is 7.89. The molecule has 0 aliphatic rings. The van der Waals surface area contributed by atoms with E-state index in [1.807, 2.05) is 31.2 Å². The van der Waals surface area contributed by atoms with Gasteiger partial charge in [0.1, 0.15) is 0 Å². The Morgan fingerprint density at radius 1 is 1.10 bits per heavy atom. The van der Waals surface area contributed by atoms with E-state index in [2.05, 4.69) is 0 Å². The molecule has 0 unspecified atom stereocenters. The second-order valence-corrected chi connectivity index (χ2v) is 7.29. The molecule has 0 atom stereocenters. The van der Waals surface area contributed by atoms with Gasteiger partial charge in [-0.1, -0.05) is 35.9 Å². The third-order valence-corrected chi connectivity index (χ3v) is 5.33. The lowest BCUT2D eigenvalue weighted by molar-refractivity contribution is 0.466. The van der Waals surface area contributed by atoms with E-state index in [1.165, 1.54) is 10.4 Å². The minimum Gasteiger partial charge on any atom is -0.399 e. The first kappa shape index (κ1) is 15.5. The van der Waals surface area contributed by atoms with Crippen LogP contribution in [0, 0.1) is 13.8 Å². The van der Waals surface area contributed by atoms with E-state index in [-0.39, 0.29) is 4.90 Å². The van der Waals surface area contributed by atoms with Crippen LogP contribution in [-0.4, -0.2) is 19.8 Å². The normalized spacial score (nSPS) is 11.8. The van der Waals surface area contributed by atoms with Gasteiger partial charge >= 0.3 is 0 Å². The van der Waals surface area contributed by atoms with E-state index in [4.69, 9.17) is 5.73 Å². The average molecular weight is 304 g/mol. The molecule has 0 saturated carbocycles. The minimum absolute atomic E-state index is 0.262. The number of hydrogen-bond acceptors (Lipinski definition) is 3. The van der Waals surface area contributed by atoms with Gasteiger partial charge in [-0.3, -0.25) is 0 Å². The summed E-state index contributed by atoms with van der Waals surface area (Å²) in [6, 6.07) is 12.8. The molecule has 2 N–H and O–H groups in total. The highest BCUT2D eigenvalue weighted by atomic mass is 32.2. The number of sulfonamides is 1. The number of anilines is 1. The summed E-state index contributed by atoms with van der Waals surface area (Å²) in [4.78, 5) is 0.262. The molecule has 0 bridgehead atoms. The summed E-state index contributed by atoms with van der Waals surface area (Å²) in [5.41, 5.74) is 8.93. The molecule has 0 aromatic heterocycles. The molecule has 112 valence electrons. The van der Waals surface area contributed by atoms with Gasteiger partial charge < -0.3 is 5.73 Å². The number of rotatable bonds is 4. The molecule has 2 aromatic carbocycles. The summed E-state index contributed by atoms with van der Waals surface area (Å²) < 4.78 is 26.7. The van der Waals surface area contributed by atoms with Crippen molar-refractivity contribution >= 4 is 15.7 Å². The molecule has 5 heteroatoms. The van der Waals surface area contributed by atoms with Crippen LogP contribution in [0.1, 0.15) is 16.7 Å². The fourth-order valence-electron chi connectivity index (χ4n) is 2.22. The highest BCUT2D eigenvalue weighted by Gasteiger charge is 2.23. The second kappa shape index (κ2) is 5.87. The number of hydrogen-bond donors (Lipinski definition) is 1. The third kappa shape index (κ3) is 3.43. The van der Waals surface area contributed by atoms with Crippen molar-refractivity contribution in [2.75, 3.05) is 12.8 Å². The molecule has 0 amide bonds. The zero-order valence-electron chi connectivity index (χ0n) is 12.5. The van der Waals surface area contributed by atoms with E-state index in [1.54, 1.807) is 26.1 Å². The van der Waals surface area contributed by atoms with E-state index >= 15 is 0 Å². The van der Waals surface area contributed by atoms with Gasteiger partial charge in [0.25, 0.3) is 0 Å². The molecule has 0 saturated heterocycles. The molecule has 2 aromatic rings. The summed E-state index contributed by atoms with van der Waals surface area (Å²) in [6.45, 7) is 4.09. The molecule has 0 aliphatic carbocycles. The van der Waals surface area contributed by atoms with Gasteiger partial charge in [-0.25, -0.2) is 8.42 Å². The first-order chi connectivity index (χ1) is 9.80. The first-order valence-electron chi connectivity index (χ1n) is 6.69. The Kier molecular flexibility index (Phi) is 4.34. The summed E-state index contributed by atoms with van der Waals surface area (Å²) in [6.07, 6.45) is 0. The summed E-state index contributed by atoms with van der Waals surface area (Å²) in [5.74, 6) is 0. The number of benzene rings is 2. The fraction of sp³-hybridized carbons (Fsp3) is 0.250. The van der Waals surface area contributed by atoms with Crippen molar-refractivity contribution < 1.29 is 8.42 Å². The highest BCUT2D eigenvalue weighted by Crippen LogP contribution is 2.22. The lowest BCUT2D eigenvalue weighted by Gasteiger charge is -2.19. The Labute approximate surface area is 126 Å². The predicted octanol–water partition coefficient (Wildman–Crippen LogP) is 2.71. The van der Waals surface area contributed by atoms with Crippen LogP contribution >= 0.6 is 0 Å². The quantitative estimate of drug-likeness (QED) is 0.883. The standard InChI is InChI=1S/C16H20N2O2S/c1-12-5-4-6-14(9-12)11-18(3)21(19,20)16-10-15(17)8-7-13(16)2/h4-10H,11,17H2,1-3H3. The fourth-order valence-corrected chi connectivity index (χ4v) is 3.63. The van der Waals surface area contributed by atoms with Crippen molar-refractivity contribution in [2.45, 2.75) is 25.3 Å². The van der Waals surface area contributed by atoms with Gasteiger partial charge in [-0.2, -0.15) is 4.31 Å². The van der Waals surface area contributed by atoms with Crippen LogP contribution in [0.5, 0.6) is 0 Å². The second-order valence-electron chi connectivity index (χ2n) is 5.28. The number of nitrogen functional groups attached to an aromatic ring is 1. The van der Waals surface area contributed by atoms with Gasteiger partial charge in [-0.15, -0.1) is 0 Å². The van der Waals surface area contributed by atoms with Crippen LogP contribution < -0.4 is 5.73 Å². The van der Waals surface area contributed by atoms with Crippen molar-refractivity contribution in [1.82, 2.24) is 4.31 Å². The Balaban J connectivity index is 2.33. The molecular formula is C16H20N2O2S. The Hall–Kier alpha value is -1.85. The number of nitrogens with zero attached hydrogens (tertiary/aromatic N) is 1. The van der Waals surface area contributed by atoms with Crippen LogP contribution in [0.15, 0.2) is 47.4 Å². The molecule has 0 spiro atoms. The van der Waals surface area contributed by atoms with Gasteiger partial charge in [0, 0.05) is 19.3 Å². The maximum absolute atomic E-state index is 12.7. The Bertz CT molecular complexity index is 755. The van der Waals surface area contributed by atoms with Crippen LogP contribution in [-0.2, 0) is 16.6 Å². The van der Waals surface area contributed by atoms with Crippen molar-refractivity contribution in [2.24, 2.45) is 0 Å². The van der Waals surface area contributed by atoms with E-state index < -0.39 is 10.0 Å². The number of aryl methyl sites for hydroxylation is 2. The summed E-state index contributed by atoms with van der Waals surface area (Å²) in [5, 5.41) is 0.